The van der Waals surface area contributed by atoms with E-state index in [2.05, 4.69) is 16.0 Å². The molecule has 132 valence electrons. The Labute approximate surface area is 156 Å². The van der Waals surface area contributed by atoms with E-state index in [0.29, 0.717) is 23.5 Å². The number of rotatable bonds is 5. The van der Waals surface area contributed by atoms with Crippen molar-refractivity contribution in [2.45, 2.75) is 13.5 Å². The molecule has 0 bridgehead atoms. The van der Waals surface area contributed by atoms with Gasteiger partial charge in [-0.15, -0.1) is 11.3 Å². The normalized spacial score (nSPS) is 10.2. The molecule has 0 aliphatic heterocycles. The maximum absolute atomic E-state index is 12.2. The number of nitrogens with one attached hydrogen (secondary N) is 3. The van der Waals surface area contributed by atoms with Crippen molar-refractivity contribution in [2.75, 3.05) is 10.6 Å². The van der Waals surface area contributed by atoms with Crippen molar-refractivity contribution < 1.29 is 9.59 Å². The molecule has 0 unspecified atom stereocenters. The summed E-state index contributed by atoms with van der Waals surface area (Å²) < 4.78 is 0. The van der Waals surface area contributed by atoms with Gasteiger partial charge in [0, 0.05) is 26.7 Å². The largest absolute Gasteiger partial charge is 0.333 e. The standard InChI is InChI=1S/C20H19N3O2S/c1-14-10-11-18(26-14)13-21-20(25)23-17-9-5-8-16(12-17)22-19(24)15-6-3-2-4-7-15/h2-12H,13H2,1H3,(H,22,24)(H2,21,23,25). The van der Waals surface area contributed by atoms with E-state index < -0.39 is 0 Å². The van der Waals surface area contributed by atoms with Crippen LogP contribution >= 0.6 is 11.3 Å². The third-order valence-electron chi connectivity index (χ3n) is 3.63. The Morgan fingerprint density at radius 1 is 0.885 bits per heavy atom. The molecule has 0 fully saturated rings. The van der Waals surface area contributed by atoms with Crippen molar-refractivity contribution in [3.05, 3.63) is 82.0 Å². The van der Waals surface area contributed by atoms with E-state index in [1.807, 2.05) is 37.3 Å². The second-order valence-electron chi connectivity index (χ2n) is 5.72. The Bertz CT molecular complexity index is 906. The van der Waals surface area contributed by atoms with Gasteiger partial charge in [-0.1, -0.05) is 24.3 Å². The molecule has 0 saturated carbocycles. The number of hydrogen-bond acceptors (Lipinski definition) is 3. The molecule has 0 radical (unpaired) electrons. The molecule has 0 spiro atoms. The van der Waals surface area contributed by atoms with Crippen molar-refractivity contribution in [1.82, 2.24) is 5.32 Å². The number of carbonyl (C=O) groups is 2. The van der Waals surface area contributed by atoms with Gasteiger partial charge in [-0.25, -0.2) is 4.79 Å². The van der Waals surface area contributed by atoms with Gasteiger partial charge in [-0.3, -0.25) is 4.79 Å². The maximum Gasteiger partial charge on any atom is 0.319 e. The lowest BCUT2D eigenvalue weighted by Crippen LogP contribution is -2.27. The van der Waals surface area contributed by atoms with Crippen LogP contribution in [0.25, 0.3) is 0 Å². The Kier molecular flexibility index (Phi) is 5.66. The number of benzene rings is 2. The third-order valence-corrected chi connectivity index (χ3v) is 4.63. The van der Waals surface area contributed by atoms with Crippen LogP contribution in [0.2, 0.25) is 0 Å². The van der Waals surface area contributed by atoms with Crippen LogP contribution in [0.15, 0.2) is 66.7 Å². The Morgan fingerprint density at radius 3 is 2.31 bits per heavy atom. The molecular formula is C20H19N3O2S. The average Bonchev–Trinajstić information content (AvgIpc) is 3.06. The summed E-state index contributed by atoms with van der Waals surface area (Å²) in [7, 11) is 0. The minimum absolute atomic E-state index is 0.194. The third kappa shape index (κ3) is 4.94. The van der Waals surface area contributed by atoms with Crippen LogP contribution in [0, 0.1) is 6.92 Å². The van der Waals surface area contributed by atoms with Gasteiger partial charge in [0.1, 0.15) is 0 Å². The molecule has 6 heteroatoms. The quantitative estimate of drug-likeness (QED) is 0.617. The molecule has 3 aromatic rings. The van der Waals surface area contributed by atoms with Gasteiger partial charge in [0.25, 0.3) is 5.91 Å². The lowest BCUT2D eigenvalue weighted by atomic mass is 10.2. The zero-order valence-electron chi connectivity index (χ0n) is 14.3. The molecule has 0 atom stereocenters. The molecule has 26 heavy (non-hydrogen) atoms. The lowest BCUT2D eigenvalue weighted by Gasteiger charge is -2.09. The number of amides is 3. The van der Waals surface area contributed by atoms with Gasteiger partial charge in [-0.05, 0) is 49.4 Å². The van der Waals surface area contributed by atoms with Crippen LogP contribution < -0.4 is 16.0 Å². The summed E-state index contributed by atoms with van der Waals surface area (Å²) in [5.41, 5.74) is 1.80. The zero-order chi connectivity index (χ0) is 18.4. The first-order valence-corrected chi connectivity index (χ1v) is 8.98. The van der Waals surface area contributed by atoms with E-state index in [1.165, 1.54) is 4.88 Å². The molecule has 0 aliphatic carbocycles. The summed E-state index contributed by atoms with van der Waals surface area (Å²) in [5.74, 6) is -0.194. The number of urea groups is 1. The summed E-state index contributed by atoms with van der Waals surface area (Å²) in [4.78, 5) is 26.6. The molecular weight excluding hydrogens is 346 g/mol. The second-order valence-corrected chi connectivity index (χ2v) is 7.09. The number of anilines is 2. The van der Waals surface area contributed by atoms with E-state index in [1.54, 1.807) is 47.7 Å². The monoisotopic (exact) mass is 365 g/mol. The fraction of sp³-hybridized carbons (Fsp3) is 0.100. The van der Waals surface area contributed by atoms with Crippen molar-refractivity contribution in [2.24, 2.45) is 0 Å². The minimum Gasteiger partial charge on any atom is -0.333 e. The summed E-state index contributed by atoms with van der Waals surface area (Å²) in [6, 6.07) is 19.8. The first-order chi connectivity index (χ1) is 12.6. The van der Waals surface area contributed by atoms with E-state index in [0.717, 1.165) is 4.88 Å². The maximum atomic E-state index is 12.2. The molecule has 1 aromatic heterocycles. The summed E-state index contributed by atoms with van der Waals surface area (Å²) in [6.07, 6.45) is 0. The summed E-state index contributed by atoms with van der Waals surface area (Å²) in [6.45, 7) is 2.51. The van der Waals surface area contributed by atoms with E-state index >= 15 is 0 Å². The van der Waals surface area contributed by atoms with Crippen molar-refractivity contribution >= 4 is 34.6 Å². The fourth-order valence-corrected chi connectivity index (χ4v) is 3.22. The molecule has 1 heterocycles. The molecule has 3 N–H and O–H groups in total. The topological polar surface area (TPSA) is 70.2 Å². The van der Waals surface area contributed by atoms with Crippen LogP contribution in [0.1, 0.15) is 20.1 Å². The van der Waals surface area contributed by atoms with Crippen molar-refractivity contribution in [1.29, 1.82) is 0 Å². The zero-order valence-corrected chi connectivity index (χ0v) is 15.1. The Balaban J connectivity index is 1.56. The van der Waals surface area contributed by atoms with Crippen molar-refractivity contribution in [3.8, 4) is 0 Å². The molecule has 3 rings (SSSR count). The molecule has 5 nitrogen and oxygen atoms in total. The van der Waals surface area contributed by atoms with Crippen LogP contribution in [0.4, 0.5) is 16.2 Å². The minimum atomic E-state index is -0.289. The molecule has 2 aromatic carbocycles. The lowest BCUT2D eigenvalue weighted by molar-refractivity contribution is 0.102. The van der Waals surface area contributed by atoms with Gasteiger partial charge >= 0.3 is 6.03 Å². The van der Waals surface area contributed by atoms with Gasteiger partial charge in [0.05, 0.1) is 6.54 Å². The molecule has 0 aliphatic rings. The van der Waals surface area contributed by atoms with E-state index in [-0.39, 0.29) is 11.9 Å². The predicted octanol–water partition coefficient (Wildman–Crippen LogP) is 4.63. The highest BCUT2D eigenvalue weighted by Crippen LogP contribution is 2.17. The van der Waals surface area contributed by atoms with Gasteiger partial charge < -0.3 is 16.0 Å². The van der Waals surface area contributed by atoms with Crippen LogP contribution in [0.5, 0.6) is 0 Å². The first kappa shape index (κ1) is 17.7. The first-order valence-electron chi connectivity index (χ1n) is 8.17. The van der Waals surface area contributed by atoms with Gasteiger partial charge in [0.2, 0.25) is 0 Å². The highest BCUT2D eigenvalue weighted by atomic mass is 32.1. The average molecular weight is 365 g/mol. The number of aryl methyl sites for hydroxylation is 1. The Morgan fingerprint density at radius 2 is 1.62 bits per heavy atom. The van der Waals surface area contributed by atoms with E-state index in [9.17, 15) is 9.59 Å². The number of carbonyl (C=O) groups excluding carboxylic acids is 2. The Hall–Kier alpha value is -3.12. The number of thiophene rings is 1. The van der Waals surface area contributed by atoms with Gasteiger partial charge in [-0.2, -0.15) is 0 Å². The summed E-state index contributed by atoms with van der Waals surface area (Å²) in [5, 5.41) is 8.42. The van der Waals surface area contributed by atoms with Crippen LogP contribution in [-0.4, -0.2) is 11.9 Å². The molecule has 3 amide bonds. The highest BCUT2D eigenvalue weighted by molar-refractivity contribution is 7.11. The molecule has 0 saturated heterocycles. The number of hydrogen-bond donors (Lipinski definition) is 3. The van der Waals surface area contributed by atoms with Crippen LogP contribution in [-0.2, 0) is 6.54 Å². The van der Waals surface area contributed by atoms with E-state index in [4.69, 9.17) is 0 Å². The fourth-order valence-electron chi connectivity index (χ4n) is 2.39. The summed E-state index contributed by atoms with van der Waals surface area (Å²) >= 11 is 1.65. The van der Waals surface area contributed by atoms with Gasteiger partial charge in [0.15, 0.2) is 0 Å². The highest BCUT2D eigenvalue weighted by Gasteiger charge is 2.07. The second kappa shape index (κ2) is 8.31. The SMILES string of the molecule is Cc1ccc(CNC(=O)Nc2cccc(NC(=O)c3ccccc3)c2)s1. The smallest absolute Gasteiger partial charge is 0.319 e. The van der Waals surface area contributed by atoms with Crippen molar-refractivity contribution in [3.63, 3.8) is 0 Å². The predicted molar refractivity (Wildman–Crippen MR) is 106 cm³/mol. The van der Waals surface area contributed by atoms with Crippen LogP contribution in [0.3, 0.4) is 0 Å².